The molecule has 1 spiro atoms. The number of amides is 1. The van der Waals surface area contributed by atoms with Crippen molar-refractivity contribution >= 4 is 17.2 Å². The molecule has 2 aliphatic rings. The lowest BCUT2D eigenvalue weighted by molar-refractivity contribution is 0.0768. The Balaban J connectivity index is 1.38. The van der Waals surface area contributed by atoms with Crippen molar-refractivity contribution in [3.63, 3.8) is 0 Å². The first-order valence-corrected chi connectivity index (χ1v) is 8.97. The van der Waals surface area contributed by atoms with E-state index in [1.54, 1.807) is 5.51 Å². The van der Waals surface area contributed by atoms with Gasteiger partial charge >= 0.3 is 0 Å². The summed E-state index contributed by atoms with van der Waals surface area (Å²) in [6.07, 6.45) is 6.03. The average molecular weight is 328 g/mol. The van der Waals surface area contributed by atoms with E-state index in [1.165, 1.54) is 23.3 Å². The summed E-state index contributed by atoms with van der Waals surface area (Å²) in [5.41, 5.74) is 3.85. The molecule has 0 radical (unpaired) electrons. The van der Waals surface area contributed by atoms with Gasteiger partial charge in [-0.15, -0.1) is 11.3 Å². The fourth-order valence-electron chi connectivity index (χ4n) is 3.83. The quantitative estimate of drug-likeness (QED) is 0.867. The van der Waals surface area contributed by atoms with Crippen LogP contribution in [0.15, 0.2) is 35.4 Å². The van der Waals surface area contributed by atoms with E-state index in [1.807, 2.05) is 28.7 Å². The van der Waals surface area contributed by atoms with Gasteiger partial charge in [0.05, 0.1) is 5.51 Å². The third-order valence-electron chi connectivity index (χ3n) is 5.02. The molecule has 1 atom stereocenters. The number of hydrogen-bond donors (Lipinski definition) is 0. The fraction of sp³-hybridized carbons (Fsp3) is 0.471. The monoisotopic (exact) mass is 328 g/mol. The molecule has 2 aliphatic heterocycles. The highest BCUT2D eigenvalue weighted by Gasteiger charge is 2.44. The molecule has 0 aromatic carbocycles. The van der Waals surface area contributed by atoms with Crippen molar-refractivity contribution < 1.29 is 4.79 Å². The topological polar surface area (TPSA) is 49.3 Å². The maximum absolute atomic E-state index is 12.5. The van der Waals surface area contributed by atoms with E-state index < -0.39 is 0 Å². The van der Waals surface area contributed by atoms with Crippen LogP contribution in [0.2, 0.25) is 0 Å². The van der Waals surface area contributed by atoms with Crippen LogP contribution in [0.5, 0.6) is 0 Å². The third kappa shape index (κ3) is 3.01. The summed E-state index contributed by atoms with van der Waals surface area (Å²) in [5, 5.41) is 1.84. The Morgan fingerprint density at radius 1 is 1.30 bits per heavy atom. The van der Waals surface area contributed by atoms with Gasteiger partial charge in [0.25, 0.3) is 5.91 Å². The number of aromatic nitrogens is 2. The minimum absolute atomic E-state index is 0.0915. The molecule has 0 saturated carbocycles. The van der Waals surface area contributed by atoms with E-state index in [-0.39, 0.29) is 11.3 Å². The van der Waals surface area contributed by atoms with Crippen molar-refractivity contribution in [2.75, 3.05) is 26.2 Å². The van der Waals surface area contributed by atoms with Crippen LogP contribution < -0.4 is 0 Å². The summed E-state index contributed by atoms with van der Waals surface area (Å²) in [6, 6.07) is 4.12. The highest BCUT2D eigenvalue weighted by atomic mass is 32.1. The Morgan fingerprint density at radius 2 is 2.22 bits per heavy atom. The summed E-state index contributed by atoms with van der Waals surface area (Å²) in [6.45, 7) is 4.86. The van der Waals surface area contributed by atoms with E-state index >= 15 is 0 Å². The molecular weight excluding hydrogens is 308 g/mol. The molecule has 23 heavy (non-hydrogen) atoms. The van der Waals surface area contributed by atoms with Crippen molar-refractivity contribution in [2.45, 2.75) is 19.4 Å². The van der Waals surface area contributed by atoms with Gasteiger partial charge in [0.1, 0.15) is 5.69 Å². The molecule has 2 fully saturated rings. The molecule has 1 amide bonds. The Morgan fingerprint density at radius 3 is 3.00 bits per heavy atom. The Labute approximate surface area is 140 Å². The average Bonchev–Trinajstić information content (AvgIpc) is 3.31. The summed E-state index contributed by atoms with van der Waals surface area (Å²) in [4.78, 5) is 25.3. The molecule has 0 bridgehead atoms. The van der Waals surface area contributed by atoms with Crippen LogP contribution in [0.1, 0.15) is 28.9 Å². The van der Waals surface area contributed by atoms with Crippen LogP contribution in [0.3, 0.4) is 0 Å². The maximum atomic E-state index is 12.5. The van der Waals surface area contributed by atoms with E-state index in [9.17, 15) is 4.79 Å². The Bertz CT molecular complexity index is 675. The number of thiazole rings is 1. The van der Waals surface area contributed by atoms with Gasteiger partial charge in [-0.2, -0.15) is 0 Å². The number of nitrogens with zero attached hydrogens (tertiary/aromatic N) is 4. The van der Waals surface area contributed by atoms with Crippen LogP contribution in [0.25, 0.3) is 0 Å². The molecule has 5 nitrogen and oxygen atoms in total. The second-order valence-electron chi connectivity index (χ2n) is 6.67. The highest BCUT2D eigenvalue weighted by Crippen LogP contribution is 2.40. The minimum atomic E-state index is 0.0915. The summed E-state index contributed by atoms with van der Waals surface area (Å²) in [5.74, 6) is 0.0915. The molecule has 6 heteroatoms. The van der Waals surface area contributed by atoms with Gasteiger partial charge in [-0.3, -0.25) is 14.7 Å². The molecule has 0 N–H and O–H groups in total. The smallest absolute Gasteiger partial charge is 0.273 e. The number of pyridine rings is 1. The van der Waals surface area contributed by atoms with Crippen molar-refractivity contribution in [2.24, 2.45) is 5.41 Å². The zero-order valence-corrected chi connectivity index (χ0v) is 13.8. The molecule has 2 aromatic heterocycles. The normalized spacial score (nSPS) is 24.6. The fourth-order valence-corrected chi connectivity index (χ4v) is 4.36. The van der Waals surface area contributed by atoms with Crippen molar-refractivity contribution in [3.05, 3.63) is 46.7 Å². The van der Waals surface area contributed by atoms with Crippen molar-refractivity contribution in [1.82, 2.24) is 19.8 Å². The number of hydrogen-bond acceptors (Lipinski definition) is 5. The van der Waals surface area contributed by atoms with Crippen LogP contribution in [-0.2, 0) is 6.54 Å². The summed E-state index contributed by atoms with van der Waals surface area (Å²) in [7, 11) is 0. The van der Waals surface area contributed by atoms with Crippen LogP contribution in [0.4, 0.5) is 0 Å². The van der Waals surface area contributed by atoms with Gasteiger partial charge in [0, 0.05) is 49.4 Å². The Hall–Kier alpha value is -1.79. The molecular formula is C17H20N4OS. The molecule has 4 rings (SSSR count). The minimum Gasteiger partial charge on any atom is -0.337 e. The van der Waals surface area contributed by atoms with Crippen molar-refractivity contribution in [1.29, 1.82) is 0 Å². The van der Waals surface area contributed by atoms with E-state index in [0.717, 1.165) is 39.1 Å². The van der Waals surface area contributed by atoms with Gasteiger partial charge in [0.2, 0.25) is 0 Å². The second-order valence-corrected chi connectivity index (χ2v) is 7.39. The van der Waals surface area contributed by atoms with Crippen LogP contribution in [0, 0.1) is 5.41 Å². The molecule has 2 aromatic rings. The number of rotatable bonds is 3. The number of likely N-dealkylation sites (tertiary alicyclic amines) is 2. The maximum Gasteiger partial charge on any atom is 0.273 e. The predicted molar refractivity (Wildman–Crippen MR) is 89.2 cm³/mol. The second kappa shape index (κ2) is 6.02. The number of carbonyl (C=O) groups excluding carboxylic acids is 1. The molecule has 0 unspecified atom stereocenters. The van der Waals surface area contributed by atoms with Crippen molar-refractivity contribution in [3.8, 4) is 0 Å². The molecule has 120 valence electrons. The predicted octanol–water partition coefficient (Wildman–Crippen LogP) is 2.28. The van der Waals surface area contributed by atoms with Gasteiger partial charge in [0.15, 0.2) is 0 Å². The third-order valence-corrected chi connectivity index (χ3v) is 5.61. The Kier molecular flexibility index (Phi) is 3.87. The van der Waals surface area contributed by atoms with Crippen LogP contribution >= 0.6 is 11.3 Å². The van der Waals surface area contributed by atoms with Gasteiger partial charge in [-0.25, -0.2) is 4.98 Å². The van der Waals surface area contributed by atoms with Gasteiger partial charge < -0.3 is 4.90 Å². The zero-order valence-electron chi connectivity index (χ0n) is 13.0. The standard InChI is InChI=1S/C17H20N4OS/c22-16(15-10-23-13-19-15)21-7-4-17(12-21)3-6-20(11-17)9-14-2-1-5-18-8-14/h1-2,5,8,10,13H,3-4,6-7,9,11-12H2/t17-/m1/s1. The van der Waals surface area contributed by atoms with Crippen LogP contribution in [-0.4, -0.2) is 51.9 Å². The zero-order chi connectivity index (χ0) is 15.7. The van der Waals surface area contributed by atoms with Gasteiger partial charge in [-0.1, -0.05) is 6.07 Å². The molecule has 4 heterocycles. The van der Waals surface area contributed by atoms with Gasteiger partial charge in [-0.05, 0) is 31.0 Å². The van der Waals surface area contributed by atoms with E-state index in [2.05, 4.69) is 20.9 Å². The molecule has 2 saturated heterocycles. The first kappa shape index (κ1) is 14.8. The SMILES string of the molecule is O=C(c1cscn1)N1CC[C@@]2(CCN(Cc3cccnc3)C2)C1. The van der Waals surface area contributed by atoms with E-state index in [4.69, 9.17) is 0 Å². The summed E-state index contributed by atoms with van der Waals surface area (Å²) >= 11 is 1.48. The lowest BCUT2D eigenvalue weighted by Crippen LogP contribution is -2.34. The summed E-state index contributed by atoms with van der Waals surface area (Å²) < 4.78 is 0. The first-order chi connectivity index (χ1) is 11.2. The van der Waals surface area contributed by atoms with E-state index in [0.29, 0.717) is 5.69 Å². The lowest BCUT2D eigenvalue weighted by Gasteiger charge is -2.24. The largest absolute Gasteiger partial charge is 0.337 e. The highest BCUT2D eigenvalue weighted by molar-refractivity contribution is 7.07. The first-order valence-electron chi connectivity index (χ1n) is 8.03. The number of carbonyl (C=O) groups is 1. The lowest BCUT2D eigenvalue weighted by atomic mass is 9.86. The molecule has 0 aliphatic carbocycles.